The lowest BCUT2D eigenvalue weighted by Crippen LogP contribution is -2.20. The molecule has 0 radical (unpaired) electrons. The summed E-state index contributed by atoms with van der Waals surface area (Å²) in [4.78, 5) is 0. The van der Waals surface area contributed by atoms with Gasteiger partial charge in [-0.2, -0.15) is 0 Å². The van der Waals surface area contributed by atoms with Crippen LogP contribution in [0.5, 0.6) is 0 Å². The van der Waals surface area contributed by atoms with E-state index in [1.807, 2.05) is 0 Å². The van der Waals surface area contributed by atoms with Gasteiger partial charge in [0.1, 0.15) is 0 Å². The summed E-state index contributed by atoms with van der Waals surface area (Å²) in [6.45, 7) is 7.11. The molecule has 0 aromatic rings. The molecule has 0 fully saturated rings. The number of ether oxygens (including phenoxy) is 1. The van der Waals surface area contributed by atoms with Crippen LogP contribution in [-0.4, -0.2) is 19.8 Å². The fourth-order valence-electron chi connectivity index (χ4n) is 4.10. The van der Waals surface area contributed by atoms with Gasteiger partial charge in [-0.3, -0.25) is 0 Å². The van der Waals surface area contributed by atoms with Crippen LogP contribution in [0.15, 0.2) is 24.3 Å². The summed E-state index contributed by atoms with van der Waals surface area (Å²) in [7, 11) is 0. The van der Waals surface area contributed by atoms with E-state index in [2.05, 4.69) is 38.2 Å². The van der Waals surface area contributed by atoms with E-state index < -0.39 is 0 Å². The standard InChI is InChI=1S/C30H59NO/c1-3-5-7-9-11-12-13-14-15-16-17-18-19-21-23-25-27-32-29-30(28-31)26-24-22-20-10-8-6-4-2/h11-12,14-15,30H,3-10,13,16-29,31H2,1-2H3. The molecule has 0 rings (SSSR count). The molecule has 0 aliphatic rings. The van der Waals surface area contributed by atoms with Gasteiger partial charge in [0.2, 0.25) is 0 Å². The summed E-state index contributed by atoms with van der Waals surface area (Å²) in [6.07, 6.45) is 35.8. The summed E-state index contributed by atoms with van der Waals surface area (Å²) >= 11 is 0. The molecule has 0 bridgehead atoms. The first-order valence-electron chi connectivity index (χ1n) is 14.4. The normalized spacial score (nSPS) is 13.0. The lowest BCUT2D eigenvalue weighted by Gasteiger charge is -2.15. The average Bonchev–Trinajstić information content (AvgIpc) is 2.81. The Morgan fingerprint density at radius 3 is 1.72 bits per heavy atom. The van der Waals surface area contributed by atoms with Gasteiger partial charge in [-0.1, -0.05) is 122 Å². The van der Waals surface area contributed by atoms with Gasteiger partial charge in [0.15, 0.2) is 0 Å². The summed E-state index contributed by atoms with van der Waals surface area (Å²) in [5.41, 5.74) is 5.94. The van der Waals surface area contributed by atoms with Gasteiger partial charge in [0, 0.05) is 6.61 Å². The van der Waals surface area contributed by atoms with E-state index >= 15 is 0 Å². The van der Waals surface area contributed by atoms with Gasteiger partial charge >= 0.3 is 0 Å². The van der Waals surface area contributed by atoms with Crippen molar-refractivity contribution in [3.05, 3.63) is 24.3 Å². The van der Waals surface area contributed by atoms with Crippen molar-refractivity contribution >= 4 is 0 Å². The molecule has 2 heteroatoms. The first-order chi connectivity index (χ1) is 15.8. The molecule has 2 N–H and O–H groups in total. The van der Waals surface area contributed by atoms with Crippen LogP contribution in [0.1, 0.15) is 142 Å². The molecule has 0 aromatic heterocycles. The van der Waals surface area contributed by atoms with E-state index in [1.165, 1.54) is 122 Å². The van der Waals surface area contributed by atoms with Gasteiger partial charge in [-0.25, -0.2) is 0 Å². The molecule has 0 saturated heterocycles. The van der Waals surface area contributed by atoms with Crippen molar-refractivity contribution in [2.24, 2.45) is 11.7 Å². The molecule has 0 amide bonds. The first-order valence-corrected chi connectivity index (χ1v) is 14.4. The maximum atomic E-state index is 5.94. The van der Waals surface area contributed by atoms with Crippen molar-refractivity contribution in [3.63, 3.8) is 0 Å². The van der Waals surface area contributed by atoms with Crippen LogP contribution in [0.4, 0.5) is 0 Å². The Morgan fingerprint density at radius 1 is 0.594 bits per heavy atom. The van der Waals surface area contributed by atoms with E-state index in [-0.39, 0.29) is 0 Å². The predicted molar refractivity (Wildman–Crippen MR) is 145 cm³/mol. The van der Waals surface area contributed by atoms with Crippen LogP contribution in [0.2, 0.25) is 0 Å². The quantitative estimate of drug-likeness (QED) is 0.105. The van der Waals surface area contributed by atoms with Crippen molar-refractivity contribution in [1.29, 1.82) is 0 Å². The minimum absolute atomic E-state index is 0.565. The molecule has 0 aliphatic carbocycles. The predicted octanol–water partition coefficient (Wildman–Crippen LogP) is 9.53. The lowest BCUT2D eigenvalue weighted by atomic mass is 10.0. The zero-order valence-corrected chi connectivity index (χ0v) is 22.1. The molecule has 0 spiro atoms. The molecule has 190 valence electrons. The molecule has 0 aromatic carbocycles. The second-order valence-electron chi connectivity index (χ2n) is 9.67. The number of hydrogen-bond acceptors (Lipinski definition) is 2. The van der Waals surface area contributed by atoms with E-state index in [4.69, 9.17) is 10.5 Å². The van der Waals surface area contributed by atoms with Crippen molar-refractivity contribution < 1.29 is 4.74 Å². The molecule has 1 unspecified atom stereocenters. The largest absolute Gasteiger partial charge is 0.381 e. The summed E-state index contributed by atoms with van der Waals surface area (Å²) in [5, 5.41) is 0. The summed E-state index contributed by atoms with van der Waals surface area (Å²) in [6, 6.07) is 0. The van der Waals surface area contributed by atoms with Crippen molar-refractivity contribution in [3.8, 4) is 0 Å². The van der Waals surface area contributed by atoms with E-state index in [0.717, 1.165) is 26.2 Å². The fourth-order valence-corrected chi connectivity index (χ4v) is 4.10. The third kappa shape index (κ3) is 25.7. The summed E-state index contributed by atoms with van der Waals surface area (Å²) in [5.74, 6) is 0.565. The first kappa shape index (κ1) is 31.4. The lowest BCUT2D eigenvalue weighted by molar-refractivity contribution is 0.0945. The van der Waals surface area contributed by atoms with Crippen LogP contribution in [0.25, 0.3) is 0 Å². The minimum Gasteiger partial charge on any atom is -0.381 e. The Labute approximate surface area is 202 Å². The number of hydrogen-bond donors (Lipinski definition) is 1. The zero-order chi connectivity index (χ0) is 23.4. The minimum atomic E-state index is 0.565. The fraction of sp³-hybridized carbons (Fsp3) is 0.867. The Kier molecular flexibility index (Phi) is 27.9. The van der Waals surface area contributed by atoms with Crippen molar-refractivity contribution in [2.45, 2.75) is 142 Å². The highest BCUT2D eigenvalue weighted by Crippen LogP contribution is 2.13. The van der Waals surface area contributed by atoms with Gasteiger partial charge in [0.05, 0.1) is 6.61 Å². The molecule has 32 heavy (non-hydrogen) atoms. The van der Waals surface area contributed by atoms with Crippen molar-refractivity contribution in [2.75, 3.05) is 19.8 Å². The van der Waals surface area contributed by atoms with Crippen LogP contribution in [0, 0.1) is 5.92 Å². The molecular weight excluding hydrogens is 390 g/mol. The molecule has 0 saturated carbocycles. The van der Waals surface area contributed by atoms with E-state index in [0.29, 0.717) is 5.92 Å². The third-order valence-corrected chi connectivity index (χ3v) is 6.39. The van der Waals surface area contributed by atoms with Gasteiger partial charge in [0.25, 0.3) is 0 Å². The maximum absolute atomic E-state index is 5.94. The molecule has 0 aliphatic heterocycles. The van der Waals surface area contributed by atoms with E-state index in [9.17, 15) is 0 Å². The van der Waals surface area contributed by atoms with Gasteiger partial charge in [-0.15, -0.1) is 0 Å². The SMILES string of the molecule is CCCCCC=CCC=CCCCCCCCCOCC(CN)CCCCCCCCC. The van der Waals surface area contributed by atoms with Crippen LogP contribution >= 0.6 is 0 Å². The number of allylic oxidation sites excluding steroid dienone is 4. The number of unbranched alkanes of at least 4 members (excludes halogenated alkanes) is 15. The van der Waals surface area contributed by atoms with Crippen molar-refractivity contribution in [1.82, 2.24) is 0 Å². The second-order valence-corrected chi connectivity index (χ2v) is 9.67. The van der Waals surface area contributed by atoms with Crippen LogP contribution < -0.4 is 5.73 Å². The van der Waals surface area contributed by atoms with Gasteiger partial charge in [-0.05, 0) is 57.4 Å². The molecule has 1 atom stereocenters. The number of rotatable bonds is 26. The Morgan fingerprint density at radius 2 is 1.09 bits per heavy atom. The molecule has 0 heterocycles. The highest BCUT2D eigenvalue weighted by Gasteiger charge is 2.06. The van der Waals surface area contributed by atoms with Gasteiger partial charge < -0.3 is 10.5 Å². The third-order valence-electron chi connectivity index (χ3n) is 6.39. The Bertz CT molecular complexity index is 390. The summed E-state index contributed by atoms with van der Waals surface area (Å²) < 4.78 is 5.92. The Hall–Kier alpha value is -0.600. The van der Waals surface area contributed by atoms with Crippen LogP contribution in [-0.2, 0) is 4.74 Å². The average molecular weight is 450 g/mol. The molecule has 2 nitrogen and oxygen atoms in total. The van der Waals surface area contributed by atoms with Crippen LogP contribution in [0.3, 0.4) is 0 Å². The molecular formula is C30H59NO. The second kappa shape index (κ2) is 28.4. The topological polar surface area (TPSA) is 35.2 Å². The Balaban J connectivity index is 3.32. The highest BCUT2D eigenvalue weighted by atomic mass is 16.5. The number of nitrogens with two attached hydrogens (primary N) is 1. The van der Waals surface area contributed by atoms with E-state index in [1.54, 1.807) is 0 Å². The highest BCUT2D eigenvalue weighted by molar-refractivity contribution is 4.92. The smallest absolute Gasteiger partial charge is 0.0506 e. The zero-order valence-electron chi connectivity index (χ0n) is 22.1. The monoisotopic (exact) mass is 449 g/mol. The maximum Gasteiger partial charge on any atom is 0.0506 e.